The molecule has 1 fully saturated rings. The molecule has 2 aliphatic rings. The average molecular weight is 616 g/mol. The quantitative estimate of drug-likeness (QED) is 0.228. The van der Waals surface area contributed by atoms with Crippen molar-refractivity contribution in [2.75, 3.05) is 37.0 Å². The molecule has 46 heavy (non-hydrogen) atoms. The molecule has 1 saturated heterocycles. The van der Waals surface area contributed by atoms with Gasteiger partial charge in [0.15, 0.2) is 0 Å². The van der Waals surface area contributed by atoms with Gasteiger partial charge in [-0.05, 0) is 111 Å². The highest BCUT2D eigenvalue weighted by Gasteiger charge is 2.47. The minimum Gasteiger partial charge on any atom is -0.493 e. The topological polar surface area (TPSA) is 61.9 Å². The van der Waals surface area contributed by atoms with Crippen molar-refractivity contribution >= 4 is 23.2 Å². The SMILES string of the molecule is CC(=O)N1c2ccc(NC(=O)c3ccc(-c4ccccc4)cc3)cc2C(C)(c2ccc(OCC3CCCN(C)C3)cc2)CC1(C)C. The van der Waals surface area contributed by atoms with Crippen molar-refractivity contribution in [3.63, 3.8) is 0 Å². The monoisotopic (exact) mass is 615 g/mol. The third-order valence-electron chi connectivity index (χ3n) is 9.75. The fourth-order valence-corrected chi connectivity index (χ4v) is 7.66. The molecule has 0 aliphatic carbocycles. The third kappa shape index (κ3) is 6.45. The molecule has 4 aromatic rings. The average Bonchev–Trinajstić information content (AvgIpc) is 3.04. The van der Waals surface area contributed by atoms with Crippen molar-refractivity contribution in [1.29, 1.82) is 0 Å². The van der Waals surface area contributed by atoms with E-state index in [1.807, 2.05) is 65.6 Å². The number of hydrogen-bond donors (Lipinski definition) is 1. The zero-order chi connectivity index (χ0) is 32.5. The highest BCUT2D eigenvalue weighted by atomic mass is 16.5. The fourth-order valence-electron chi connectivity index (χ4n) is 7.66. The summed E-state index contributed by atoms with van der Waals surface area (Å²) in [5.74, 6) is 1.25. The molecule has 2 amide bonds. The molecule has 0 spiro atoms. The second kappa shape index (κ2) is 12.8. The Labute approximate surface area is 273 Å². The zero-order valence-electron chi connectivity index (χ0n) is 27.7. The Balaban J connectivity index is 1.26. The van der Waals surface area contributed by atoms with E-state index in [2.05, 4.69) is 74.4 Å². The summed E-state index contributed by atoms with van der Waals surface area (Å²) in [4.78, 5) is 30.7. The molecule has 4 aromatic carbocycles. The van der Waals surface area contributed by atoms with Gasteiger partial charge in [-0.1, -0.05) is 61.5 Å². The molecular formula is C40H45N3O3. The number of piperidine rings is 1. The van der Waals surface area contributed by atoms with Crippen LogP contribution >= 0.6 is 0 Å². The van der Waals surface area contributed by atoms with Crippen molar-refractivity contribution in [1.82, 2.24) is 4.90 Å². The number of carbonyl (C=O) groups excluding carboxylic acids is 2. The number of benzene rings is 4. The molecule has 0 radical (unpaired) electrons. The Hall–Kier alpha value is -4.42. The Kier molecular flexibility index (Phi) is 8.75. The molecule has 2 unspecified atom stereocenters. The molecule has 0 aromatic heterocycles. The summed E-state index contributed by atoms with van der Waals surface area (Å²) in [6.07, 6.45) is 3.15. The van der Waals surface area contributed by atoms with Crippen molar-refractivity contribution in [3.05, 3.63) is 114 Å². The van der Waals surface area contributed by atoms with Crippen LogP contribution in [-0.4, -0.2) is 49.0 Å². The summed E-state index contributed by atoms with van der Waals surface area (Å²) < 4.78 is 6.24. The lowest BCUT2D eigenvalue weighted by molar-refractivity contribution is -0.117. The molecule has 6 nitrogen and oxygen atoms in total. The lowest BCUT2D eigenvalue weighted by Crippen LogP contribution is -2.55. The van der Waals surface area contributed by atoms with Gasteiger partial charge in [-0.15, -0.1) is 0 Å². The first-order valence-electron chi connectivity index (χ1n) is 16.4. The summed E-state index contributed by atoms with van der Waals surface area (Å²) >= 11 is 0. The van der Waals surface area contributed by atoms with Crippen LogP contribution in [0.3, 0.4) is 0 Å². The molecule has 238 valence electrons. The van der Waals surface area contributed by atoms with E-state index in [1.54, 1.807) is 6.92 Å². The first-order chi connectivity index (χ1) is 22.0. The van der Waals surface area contributed by atoms with Crippen molar-refractivity contribution in [3.8, 4) is 16.9 Å². The highest BCUT2D eigenvalue weighted by molar-refractivity contribution is 6.05. The van der Waals surface area contributed by atoms with Crippen molar-refractivity contribution < 1.29 is 14.3 Å². The van der Waals surface area contributed by atoms with Gasteiger partial charge in [0.25, 0.3) is 5.91 Å². The molecule has 2 heterocycles. The highest BCUT2D eigenvalue weighted by Crippen LogP contribution is 2.51. The normalized spacial score (nSPS) is 20.9. The van der Waals surface area contributed by atoms with E-state index in [-0.39, 0.29) is 11.8 Å². The van der Waals surface area contributed by atoms with Crippen LogP contribution in [0.1, 0.15) is 68.4 Å². The van der Waals surface area contributed by atoms with E-state index in [0.29, 0.717) is 17.2 Å². The first-order valence-corrected chi connectivity index (χ1v) is 16.4. The van der Waals surface area contributed by atoms with Gasteiger partial charge in [-0.25, -0.2) is 0 Å². The number of carbonyl (C=O) groups is 2. The number of nitrogens with zero attached hydrogens (tertiary/aromatic N) is 2. The standard InChI is InChI=1S/C40H45N3O3/c1-28(44)43-37-22-19-34(41-38(45)32-15-13-31(14-16-32)30-11-7-6-8-12-30)24-36(37)40(4,27-39(43,2)3)33-17-20-35(21-18-33)46-26-29-10-9-23-42(5)25-29/h6-8,11-22,24,29H,9-10,23,25-27H2,1-5H3,(H,41,45). The third-order valence-corrected chi connectivity index (χ3v) is 9.75. The summed E-state index contributed by atoms with van der Waals surface area (Å²) in [5.41, 5.74) is 5.66. The van der Waals surface area contributed by atoms with Crippen LogP contribution in [-0.2, 0) is 10.2 Å². The van der Waals surface area contributed by atoms with Crippen LogP contribution in [0.5, 0.6) is 5.75 Å². The van der Waals surface area contributed by atoms with E-state index < -0.39 is 11.0 Å². The minimum absolute atomic E-state index is 0.000645. The predicted molar refractivity (Wildman–Crippen MR) is 187 cm³/mol. The number of nitrogens with one attached hydrogen (secondary N) is 1. The number of rotatable bonds is 7. The first kappa shape index (κ1) is 31.6. The van der Waals surface area contributed by atoms with Crippen LogP contribution in [0, 0.1) is 5.92 Å². The smallest absolute Gasteiger partial charge is 0.255 e. The lowest BCUT2D eigenvalue weighted by atomic mass is 9.65. The molecule has 0 bridgehead atoms. The van der Waals surface area contributed by atoms with Crippen LogP contribution in [0.2, 0.25) is 0 Å². The maximum absolute atomic E-state index is 13.4. The summed E-state index contributed by atoms with van der Waals surface area (Å²) in [6, 6.07) is 32.2. The van der Waals surface area contributed by atoms with E-state index in [0.717, 1.165) is 59.8 Å². The number of ether oxygens (including phenoxy) is 1. The van der Waals surface area contributed by atoms with Gasteiger partial charge in [0.2, 0.25) is 5.91 Å². The van der Waals surface area contributed by atoms with E-state index in [4.69, 9.17) is 4.74 Å². The largest absolute Gasteiger partial charge is 0.493 e. The Morgan fingerprint density at radius 3 is 2.26 bits per heavy atom. The van der Waals surface area contributed by atoms with Crippen LogP contribution in [0.15, 0.2) is 97.1 Å². The number of anilines is 2. The van der Waals surface area contributed by atoms with Crippen LogP contribution in [0.25, 0.3) is 11.1 Å². The van der Waals surface area contributed by atoms with E-state index in [9.17, 15) is 9.59 Å². The van der Waals surface area contributed by atoms with Crippen molar-refractivity contribution in [2.24, 2.45) is 5.92 Å². The van der Waals surface area contributed by atoms with Crippen LogP contribution in [0.4, 0.5) is 11.4 Å². The maximum Gasteiger partial charge on any atom is 0.255 e. The molecule has 6 rings (SSSR count). The molecule has 1 N–H and O–H groups in total. The van der Waals surface area contributed by atoms with Gasteiger partial charge in [0.1, 0.15) is 5.75 Å². The maximum atomic E-state index is 13.4. The Morgan fingerprint density at radius 1 is 0.891 bits per heavy atom. The number of likely N-dealkylation sites (tertiary alicyclic amines) is 1. The Bertz CT molecular complexity index is 1700. The van der Waals surface area contributed by atoms with Gasteiger partial charge in [-0.2, -0.15) is 0 Å². The molecule has 6 heteroatoms. The molecule has 2 atom stereocenters. The summed E-state index contributed by atoms with van der Waals surface area (Å²) in [5, 5.41) is 3.12. The molecule has 0 saturated carbocycles. The van der Waals surface area contributed by atoms with Crippen molar-refractivity contribution in [2.45, 2.75) is 57.9 Å². The molecular weight excluding hydrogens is 570 g/mol. The van der Waals surface area contributed by atoms with E-state index >= 15 is 0 Å². The van der Waals surface area contributed by atoms with Crippen LogP contribution < -0.4 is 15.0 Å². The number of hydrogen-bond acceptors (Lipinski definition) is 4. The zero-order valence-corrected chi connectivity index (χ0v) is 27.7. The number of amides is 2. The van der Waals surface area contributed by atoms with Gasteiger partial charge < -0.3 is 19.9 Å². The van der Waals surface area contributed by atoms with Gasteiger partial charge in [0.05, 0.1) is 6.61 Å². The summed E-state index contributed by atoms with van der Waals surface area (Å²) in [7, 11) is 2.18. The van der Waals surface area contributed by atoms with E-state index in [1.165, 1.54) is 12.8 Å². The molecule has 2 aliphatic heterocycles. The van der Waals surface area contributed by atoms with Gasteiger partial charge in [-0.3, -0.25) is 9.59 Å². The lowest BCUT2D eigenvalue weighted by Gasteiger charge is -2.51. The second-order valence-electron chi connectivity index (χ2n) is 13.9. The minimum atomic E-state index is -0.416. The summed E-state index contributed by atoms with van der Waals surface area (Å²) in [6.45, 7) is 11.1. The predicted octanol–water partition coefficient (Wildman–Crippen LogP) is 8.17. The van der Waals surface area contributed by atoms with Gasteiger partial charge in [0, 0.05) is 47.3 Å². The second-order valence-corrected chi connectivity index (χ2v) is 13.9. The fraction of sp³-hybridized carbons (Fsp3) is 0.350. The Morgan fingerprint density at radius 2 is 1.59 bits per heavy atom. The van der Waals surface area contributed by atoms with Gasteiger partial charge >= 0.3 is 0 Å². The number of fused-ring (bicyclic) bond motifs is 1.